The Morgan fingerprint density at radius 3 is 2.70 bits per heavy atom. The van der Waals surface area contributed by atoms with Gasteiger partial charge in [0.15, 0.2) is 5.70 Å². The van der Waals surface area contributed by atoms with Crippen LogP contribution in [0.3, 0.4) is 0 Å². The lowest BCUT2D eigenvalue weighted by molar-refractivity contribution is -0.129. The summed E-state index contributed by atoms with van der Waals surface area (Å²) in [5.41, 5.74) is 1.89. The molecule has 0 radical (unpaired) electrons. The van der Waals surface area contributed by atoms with Crippen molar-refractivity contribution in [1.29, 1.82) is 0 Å². The van der Waals surface area contributed by atoms with Crippen molar-refractivity contribution < 1.29 is 9.53 Å². The fraction of sp³-hybridized carbons (Fsp3) is 0. The molecule has 0 fully saturated rings. The van der Waals surface area contributed by atoms with E-state index in [1.54, 1.807) is 30.6 Å². The number of nitrogens with zero attached hydrogens (tertiary/aromatic N) is 2. The Hall–Kier alpha value is -2.27. The summed E-state index contributed by atoms with van der Waals surface area (Å²) in [7, 11) is 0. The van der Waals surface area contributed by atoms with Crippen LogP contribution in [0.5, 0.6) is 0 Å². The van der Waals surface area contributed by atoms with Crippen molar-refractivity contribution in [1.82, 2.24) is 4.98 Å². The van der Waals surface area contributed by atoms with Gasteiger partial charge in [-0.1, -0.05) is 22.0 Å². The van der Waals surface area contributed by atoms with E-state index in [1.807, 2.05) is 24.3 Å². The summed E-state index contributed by atoms with van der Waals surface area (Å²) >= 11 is 3.38. The normalized spacial score (nSPS) is 16.1. The van der Waals surface area contributed by atoms with E-state index in [0.717, 1.165) is 15.6 Å². The van der Waals surface area contributed by atoms with Crippen LogP contribution in [0.15, 0.2) is 64.0 Å². The number of benzene rings is 1. The molecule has 1 aliphatic heterocycles. The maximum Gasteiger partial charge on any atom is 0.363 e. The lowest BCUT2D eigenvalue weighted by atomic mass is 10.2. The van der Waals surface area contributed by atoms with Gasteiger partial charge < -0.3 is 4.74 Å². The highest BCUT2D eigenvalue weighted by Gasteiger charge is 2.24. The van der Waals surface area contributed by atoms with Gasteiger partial charge in [0.1, 0.15) is 0 Å². The van der Waals surface area contributed by atoms with E-state index >= 15 is 0 Å². The smallest absolute Gasteiger partial charge is 0.363 e. The van der Waals surface area contributed by atoms with E-state index in [0.29, 0.717) is 5.90 Å². The van der Waals surface area contributed by atoms with Gasteiger partial charge in [0.25, 0.3) is 0 Å². The zero-order chi connectivity index (χ0) is 13.9. The average Bonchev–Trinajstić information content (AvgIpc) is 2.81. The molecule has 0 N–H and O–H groups in total. The summed E-state index contributed by atoms with van der Waals surface area (Å²) in [4.78, 5) is 20.0. The minimum atomic E-state index is -0.447. The van der Waals surface area contributed by atoms with Gasteiger partial charge in [-0.25, -0.2) is 9.79 Å². The van der Waals surface area contributed by atoms with Crippen LogP contribution >= 0.6 is 15.9 Å². The fourth-order valence-corrected chi connectivity index (χ4v) is 2.17. The predicted octanol–water partition coefficient (Wildman–Crippen LogP) is 3.19. The molecule has 0 saturated carbocycles. The highest BCUT2D eigenvalue weighted by atomic mass is 79.9. The number of hydrogen-bond donors (Lipinski definition) is 0. The fourth-order valence-electron chi connectivity index (χ4n) is 1.77. The summed E-state index contributed by atoms with van der Waals surface area (Å²) in [6, 6.07) is 11.0. The molecule has 0 unspecified atom stereocenters. The molecule has 0 saturated heterocycles. The summed E-state index contributed by atoms with van der Waals surface area (Å²) in [5.74, 6) is -0.131. The molecule has 0 amide bonds. The molecule has 1 aromatic heterocycles. The average molecular weight is 329 g/mol. The lowest BCUT2D eigenvalue weighted by Gasteiger charge is -1.99. The van der Waals surface area contributed by atoms with Gasteiger partial charge in [-0.15, -0.1) is 0 Å². The highest BCUT2D eigenvalue weighted by molar-refractivity contribution is 9.10. The van der Waals surface area contributed by atoms with Crippen molar-refractivity contribution in [3.05, 3.63) is 70.1 Å². The minimum Gasteiger partial charge on any atom is -0.402 e. The minimum absolute atomic E-state index is 0.283. The number of cyclic esters (lactones) is 1. The van der Waals surface area contributed by atoms with Crippen LogP contribution in [-0.4, -0.2) is 16.9 Å². The first-order valence-electron chi connectivity index (χ1n) is 5.91. The second-order valence-electron chi connectivity index (χ2n) is 4.13. The summed E-state index contributed by atoms with van der Waals surface area (Å²) in [6.45, 7) is 0. The van der Waals surface area contributed by atoms with Crippen LogP contribution in [0.4, 0.5) is 0 Å². The molecule has 2 aromatic rings. The summed E-state index contributed by atoms with van der Waals surface area (Å²) in [5, 5.41) is 0. The van der Waals surface area contributed by atoms with E-state index in [9.17, 15) is 4.79 Å². The zero-order valence-electron chi connectivity index (χ0n) is 10.3. The molecule has 3 rings (SSSR count). The van der Waals surface area contributed by atoms with Crippen molar-refractivity contribution in [2.45, 2.75) is 0 Å². The first-order valence-corrected chi connectivity index (χ1v) is 6.70. The topological polar surface area (TPSA) is 51.5 Å². The molecule has 1 aliphatic rings. The van der Waals surface area contributed by atoms with E-state index in [1.165, 1.54) is 0 Å². The largest absolute Gasteiger partial charge is 0.402 e. The third-order valence-electron chi connectivity index (χ3n) is 2.70. The monoisotopic (exact) mass is 328 g/mol. The van der Waals surface area contributed by atoms with Gasteiger partial charge in [0, 0.05) is 22.4 Å². The number of pyridine rings is 1. The molecule has 0 bridgehead atoms. The number of ether oxygens (including phenoxy) is 1. The van der Waals surface area contributed by atoms with Gasteiger partial charge in [-0.2, -0.15) is 0 Å². The number of rotatable bonds is 2. The van der Waals surface area contributed by atoms with Crippen molar-refractivity contribution in [3.8, 4) is 0 Å². The van der Waals surface area contributed by atoms with Crippen LogP contribution in [-0.2, 0) is 9.53 Å². The first kappa shape index (κ1) is 12.7. The van der Waals surface area contributed by atoms with Crippen molar-refractivity contribution in [2.75, 3.05) is 0 Å². The van der Waals surface area contributed by atoms with Gasteiger partial charge in [-0.05, 0) is 42.0 Å². The Labute approximate surface area is 124 Å². The van der Waals surface area contributed by atoms with Gasteiger partial charge in [-0.3, -0.25) is 4.98 Å². The van der Waals surface area contributed by atoms with Crippen LogP contribution in [0, 0.1) is 0 Å². The number of carbonyl (C=O) groups excluding carboxylic acids is 1. The maximum atomic E-state index is 11.8. The second kappa shape index (κ2) is 5.38. The van der Waals surface area contributed by atoms with Crippen LogP contribution in [0.1, 0.15) is 11.1 Å². The van der Waals surface area contributed by atoms with Gasteiger partial charge >= 0.3 is 5.97 Å². The molecule has 0 spiro atoms. The standard InChI is InChI=1S/C15H9BrN2O2/c16-12-3-1-2-11(9-12)14-18-13(15(19)20-14)8-10-4-6-17-7-5-10/h1-9H/b13-8-. The van der Waals surface area contributed by atoms with E-state index in [2.05, 4.69) is 25.9 Å². The first-order chi connectivity index (χ1) is 9.72. The number of esters is 1. The van der Waals surface area contributed by atoms with Gasteiger partial charge in [0.05, 0.1) is 0 Å². The van der Waals surface area contributed by atoms with Crippen molar-refractivity contribution in [2.24, 2.45) is 4.99 Å². The number of aliphatic imine (C=N–C) groups is 1. The number of carbonyl (C=O) groups is 1. The Kier molecular flexibility index (Phi) is 3.43. The van der Waals surface area contributed by atoms with E-state index < -0.39 is 5.97 Å². The molecule has 2 heterocycles. The van der Waals surface area contributed by atoms with E-state index in [-0.39, 0.29) is 5.70 Å². The zero-order valence-corrected chi connectivity index (χ0v) is 11.9. The van der Waals surface area contributed by atoms with E-state index in [4.69, 9.17) is 4.74 Å². The highest BCUT2D eigenvalue weighted by Crippen LogP contribution is 2.20. The van der Waals surface area contributed by atoms with Crippen molar-refractivity contribution in [3.63, 3.8) is 0 Å². The quantitative estimate of drug-likeness (QED) is 0.628. The van der Waals surface area contributed by atoms with Gasteiger partial charge in [0.2, 0.25) is 5.90 Å². The number of aromatic nitrogens is 1. The molecular weight excluding hydrogens is 320 g/mol. The second-order valence-corrected chi connectivity index (χ2v) is 5.04. The molecule has 0 aliphatic carbocycles. The van der Waals surface area contributed by atoms with Crippen molar-refractivity contribution >= 4 is 33.9 Å². The maximum absolute atomic E-state index is 11.8. The molecule has 4 nitrogen and oxygen atoms in total. The van der Waals surface area contributed by atoms with Crippen LogP contribution in [0.25, 0.3) is 6.08 Å². The molecular formula is C15H9BrN2O2. The summed E-state index contributed by atoms with van der Waals surface area (Å²) in [6.07, 6.45) is 4.99. The third kappa shape index (κ3) is 2.67. The Balaban J connectivity index is 1.95. The Bertz CT molecular complexity index is 724. The Morgan fingerprint density at radius 2 is 1.95 bits per heavy atom. The predicted molar refractivity (Wildman–Crippen MR) is 79.0 cm³/mol. The number of hydrogen-bond acceptors (Lipinski definition) is 4. The summed E-state index contributed by atoms with van der Waals surface area (Å²) < 4.78 is 6.10. The lowest BCUT2D eigenvalue weighted by Crippen LogP contribution is -2.05. The molecule has 5 heteroatoms. The molecule has 0 atom stereocenters. The third-order valence-corrected chi connectivity index (χ3v) is 3.19. The van der Waals surface area contributed by atoms with Crippen LogP contribution in [0.2, 0.25) is 0 Å². The Morgan fingerprint density at radius 1 is 1.15 bits per heavy atom. The molecule has 20 heavy (non-hydrogen) atoms. The number of halogens is 1. The SMILES string of the molecule is O=C1OC(c2cccc(Br)c2)=N/C1=C\c1ccncc1. The van der Waals surface area contributed by atoms with Crippen LogP contribution < -0.4 is 0 Å². The molecule has 98 valence electrons. The molecule has 1 aromatic carbocycles.